The molecule has 2 atom stereocenters. The van der Waals surface area contributed by atoms with Crippen LogP contribution in [0.25, 0.3) is 0 Å². The molecule has 0 spiro atoms. The Bertz CT molecular complexity index is 709. The van der Waals surface area contributed by atoms with E-state index in [9.17, 15) is 9.59 Å². The maximum Gasteiger partial charge on any atom is 0.317 e. The number of hydrogen-bond acceptors (Lipinski definition) is 3. The van der Waals surface area contributed by atoms with Gasteiger partial charge in [0.15, 0.2) is 0 Å². The summed E-state index contributed by atoms with van der Waals surface area (Å²) in [6.07, 6.45) is 0.861. The minimum Gasteiger partial charge on any atom is -0.336 e. The normalized spacial score (nSPS) is 27.0. The Morgan fingerprint density at radius 2 is 1.76 bits per heavy atom. The van der Waals surface area contributed by atoms with Gasteiger partial charge in [0.05, 0.1) is 12.1 Å². The summed E-state index contributed by atoms with van der Waals surface area (Å²) in [5.74, 6) is 0.209. The lowest BCUT2D eigenvalue weighted by Gasteiger charge is -2.38. The van der Waals surface area contributed by atoms with E-state index < -0.39 is 0 Å². The van der Waals surface area contributed by atoms with Gasteiger partial charge in [-0.3, -0.25) is 9.69 Å². The molecule has 0 aromatic heterocycles. The molecular formula is C19H26N4O2. The molecule has 3 fully saturated rings. The molecule has 3 aliphatic heterocycles. The molecule has 3 heterocycles. The van der Waals surface area contributed by atoms with E-state index in [1.165, 1.54) is 16.7 Å². The van der Waals surface area contributed by atoms with E-state index in [1.807, 2.05) is 9.80 Å². The van der Waals surface area contributed by atoms with Crippen molar-refractivity contribution < 1.29 is 9.59 Å². The zero-order valence-corrected chi connectivity index (χ0v) is 15.2. The van der Waals surface area contributed by atoms with Gasteiger partial charge in [0.25, 0.3) is 0 Å². The van der Waals surface area contributed by atoms with E-state index in [0.29, 0.717) is 13.1 Å². The smallest absolute Gasteiger partial charge is 0.317 e. The number of nitrogens with zero attached hydrogens (tertiary/aromatic N) is 3. The molecule has 6 heteroatoms. The number of urea groups is 1. The highest BCUT2D eigenvalue weighted by atomic mass is 16.2. The van der Waals surface area contributed by atoms with Crippen molar-refractivity contribution in [3.8, 4) is 0 Å². The van der Waals surface area contributed by atoms with E-state index >= 15 is 0 Å². The second-order valence-electron chi connectivity index (χ2n) is 7.57. The molecule has 25 heavy (non-hydrogen) atoms. The Balaban J connectivity index is 1.52. The largest absolute Gasteiger partial charge is 0.336 e. The average Bonchev–Trinajstić information content (AvgIpc) is 3.10. The van der Waals surface area contributed by atoms with Gasteiger partial charge in [-0.2, -0.15) is 0 Å². The first-order valence-corrected chi connectivity index (χ1v) is 9.13. The number of carbonyl (C=O) groups is 2. The Morgan fingerprint density at radius 1 is 1.04 bits per heavy atom. The zero-order chi connectivity index (χ0) is 17.7. The van der Waals surface area contributed by atoms with Crippen LogP contribution in [0.4, 0.5) is 10.5 Å². The predicted molar refractivity (Wildman–Crippen MR) is 96.9 cm³/mol. The highest BCUT2D eigenvalue weighted by Crippen LogP contribution is 2.32. The predicted octanol–water partition coefficient (Wildman–Crippen LogP) is 1.43. The van der Waals surface area contributed by atoms with Crippen LogP contribution in [0.15, 0.2) is 12.1 Å². The highest BCUT2D eigenvalue weighted by molar-refractivity contribution is 6.00. The van der Waals surface area contributed by atoms with E-state index in [-0.39, 0.29) is 24.0 Å². The Morgan fingerprint density at radius 3 is 2.48 bits per heavy atom. The van der Waals surface area contributed by atoms with Crippen molar-refractivity contribution in [2.45, 2.75) is 39.3 Å². The van der Waals surface area contributed by atoms with Crippen molar-refractivity contribution in [3.63, 3.8) is 0 Å². The molecule has 4 rings (SSSR count). The number of anilines is 1. The van der Waals surface area contributed by atoms with Gasteiger partial charge in [0, 0.05) is 38.4 Å². The van der Waals surface area contributed by atoms with Gasteiger partial charge >= 0.3 is 6.03 Å². The SMILES string of the molecule is Cc1cc(C)c(N2CCC(N3CCN4C(=O)NCC4C3)C2=O)c(C)c1. The molecule has 2 unspecified atom stereocenters. The molecule has 1 aromatic rings. The van der Waals surface area contributed by atoms with Gasteiger partial charge in [-0.05, 0) is 38.3 Å². The molecule has 3 aliphatic rings. The fraction of sp³-hybridized carbons (Fsp3) is 0.579. The molecule has 3 saturated heterocycles. The molecule has 0 saturated carbocycles. The number of benzene rings is 1. The number of carbonyl (C=O) groups excluding carboxylic acids is 2. The molecule has 6 nitrogen and oxygen atoms in total. The number of fused-ring (bicyclic) bond motifs is 1. The third-order valence-electron chi connectivity index (χ3n) is 5.79. The first-order chi connectivity index (χ1) is 12.0. The van der Waals surface area contributed by atoms with Crippen LogP contribution in [-0.4, -0.2) is 66.5 Å². The Kier molecular flexibility index (Phi) is 3.95. The lowest BCUT2D eigenvalue weighted by molar-refractivity contribution is -0.122. The quantitative estimate of drug-likeness (QED) is 0.885. The van der Waals surface area contributed by atoms with Gasteiger partial charge in [0.2, 0.25) is 5.91 Å². The van der Waals surface area contributed by atoms with Gasteiger partial charge < -0.3 is 15.1 Å². The summed E-state index contributed by atoms with van der Waals surface area (Å²) in [4.78, 5) is 31.1. The number of nitrogens with one attached hydrogen (secondary N) is 1. The third kappa shape index (κ3) is 2.68. The second kappa shape index (κ2) is 6.02. The van der Waals surface area contributed by atoms with Crippen LogP contribution in [0.2, 0.25) is 0 Å². The third-order valence-corrected chi connectivity index (χ3v) is 5.79. The zero-order valence-electron chi connectivity index (χ0n) is 15.2. The first kappa shape index (κ1) is 16.4. The second-order valence-corrected chi connectivity index (χ2v) is 7.57. The van der Waals surface area contributed by atoms with Crippen molar-refractivity contribution in [3.05, 3.63) is 28.8 Å². The maximum atomic E-state index is 13.1. The van der Waals surface area contributed by atoms with Crippen LogP contribution in [0.1, 0.15) is 23.1 Å². The topological polar surface area (TPSA) is 55.9 Å². The van der Waals surface area contributed by atoms with Crippen molar-refractivity contribution in [1.29, 1.82) is 0 Å². The van der Waals surface area contributed by atoms with Crippen LogP contribution in [-0.2, 0) is 4.79 Å². The monoisotopic (exact) mass is 342 g/mol. The summed E-state index contributed by atoms with van der Waals surface area (Å²) < 4.78 is 0. The lowest BCUT2D eigenvalue weighted by atomic mass is 10.0. The summed E-state index contributed by atoms with van der Waals surface area (Å²) in [6.45, 7) is 10.0. The van der Waals surface area contributed by atoms with Crippen LogP contribution in [0, 0.1) is 20.8 Å². The molecule has 0 radical (unpaired) electrons. The number of hydrogen-bond donors (Lipinski definition) is 1. The number of piperazine rings is 1. The molecule has 134 valence electrons. The minimum absolute atomic E-state index is 0.0370. The molecule has 3 amide bonds. The average molecular weight is 342 g/mol. The first-order valence-electron chi connectivity index (χ1n) is 9.13. The standard InChI is InChI=1S/C19H26N4O2/c1-12-8-13(2)17(14(3)9-12)23-5-4-16(18(23)24)21-6-7-22-15(11-21)10-20-19(22)25/h8-9,15-16H,4-7,10-11H2,1-3H3,(H,20,25). The molecule has 0 aliphatic carbocycles. The Labute approximate surface area is 148 Å². The fourth-order valence-electron chi connectivity index (χ4n) is 4.74. The molecule has 1 aromatic carbocycles. The van der Waals surface area contributed by atoms with Gasteiger partial charge in [-0.15, -0.1) is 0 Å². The number of aryl methyl sites for hydroxylation is 3. The molecule has 1 N–H and O–H groups in total. The van der Waals surface area contributed by atoms with Crippen LogP contribution in [0.5, 0.6) is 0 Å². The summed E-state index contributed by atoms with van der Waals surface area (Å²) in [5, 5.41) is 2.90. The van der Waals surface area contributed by atoms with Crippen molar-refractivity contribution in [2.24, 2.45) is 0 Å². The lowest BCUT2D eigenvalue weighted by Crippen LogP contribution is -2.56. The van der Waals surface area contributed by atoms with Gasteiger partial charge in [-0.1, -0.05) is 17.7 Å². The van der Waals surface area contributed by atoms with E-state index in [2.05, 4.69) is 43.1 Å². The fourth-order valence-corrected chi connectivity index (χ4v) is 4.74. The summed E-state index contributed by atoms with van der Waals surface area (Å²) >= 11 is 0. The molecule has 0 bridgehead atoms. The minimum atomic E-state index is -0.0574. The number of amides is 3. The van der Waals surface area contributed by atoms with Gasteiger partial charge in [-0.25, -0.2) is 4.79 Å². The van der Waals surface area contributed by atoms with Crippen LogP contribution < -0.4 is 10.2 Å². The Hall–Kier alpha value is -2.08. The van der Waals surface area contributed by atoms with Crippen molar-refractivity contribution in [2.75, 3.05) is 37.6 Å². The van der Waals surface area contributed by atoms with E-state index in [4.69, 9.17) is 0 Å². The summed E-state index contributed by atoms with van der Waals surface area (Å²) in [6, 6.07) is 4.48. The van der Waals surface area contributed by atoms with E-state index in [0.717, 1.165) is 31.7 Å². The van der Waals surface area contributed by atoms with E-state index in [1.54, 1.807) is 0 Å². The number of rotatable bonds is 2. The van der Waals surface area contributed by atoms with Crippen molar-refractivity contribution in [1.82, 2.24) is 15.1 Å². The highest BCUT2D eigenvalue weighted by Gasteiger charge is 2.43. The summed E-state index contributed by atoms with van der Waals surface area (Å²) in [5.41, 5.74) is 4.65. The van der Waals surface area contributed by atoms with Crippen molar-refractivity contribution >= 4 is 17.6 Å². The van der Waals surface area contributed by atoms with Crippen LogP contribution >= 0.6 is 0 Å². The molecular weight excluding hydrogens is 316 g/mol. The summed E-state index contributed by atoms with van der Waals surface area (Å²) in [7, 11) is 0. The van der Waals surface area contributed by atoms with Crippen LogP contribution in [0.3, 0.4) is 0 Å². The maximum absolute atomic E-state index is 13.1. The van der Waals surface area contributed by atoms with Gasteiger partial charge in [0.1, 0.15) is 0 Å².